The Morgan fingerprint density at radius 2 is 1.57 bits per heavy atom. The molecule has 0 radical (unpaired) electrons. The number of hydrogen-bond donors (Lipinski definition) is 1. The molecule has 0 aliphatic heterocycles. The van der Waals surface area contributed by atoms with Crippen LogP contribution in [-0.4, -0.2) is 52.9 Å². The van der Waals surface area contributed by atoms with Gasteiger partial charge in [-0.2, -0.15) is 0 Å². The predicted octanol–water partition coefficient (Wildman–Crippen LogP) is 2.03. The van der Waals surface area contributed by atoms with Crippen molar-refractivity contribution in [2.45, 2.75) is 25.2 Å². The molecule has 1 N–H and O–H groups in total. The number of carbonyl (C=O) groups is 1. The minimum absolute atomic E-state index is 0.151. The van der Waals surface area contributed by atoms with Gasteiger partial charge in [0, 0.05) is 27.2 Å². The van der Waals surface area contributed by atoms with Crippen LogP contribution >= 0.6 is 0 Å². The van der Waals surface area contributed by atoms with Crippen LogP contribution in [0, 0.1) is 0 Å². The molecule has 23 heavy (non-hydrogen) atoms. The van der Waals surface area contributed by atoms with E-state index in [9.17, 15) is 9.90 Å². The molecule has 0 heterocycles. The van der Waals surface area contributed by atoms with E-state index in [2.05, 4.69) is 0 Å². The minimum atomic E-state index is -0.951. The molecule has 1 unspecified atom stereocenters. The number of aliphatic carboxylic acids is 1. The van der Waals surface area contributed by atoms with Gasteiger partial charge >= 0.3 is 5.97 Å². The van der Waals surface area contributed by atoms with Gasteiger partial charge in [-0.25, -0.2) is 0 Å². The molecule has 0 bridgehead atoms. The maximum Gasteiger partial charge on any atom is 0.304 e. The molecule has 7 heteroatoms. The van der Waals surface area contributed by atoms with Gasteiger partial charge in [0.15, 0.2) is 6.29 Å². The van der Waals surface area contributed by atoms with Crippen molar-refractivity contribution in [2.75, 3.05) is 35.5 Å². The second-order valence-electron chi connectivity index (χ2n) is 4.88. The van der Waals surface area contributed by atoms with Gasteiger partial charge in [-0.15, -0.1) is 0 Å². The highest BCUT2D eigenvalue weighted by Crippen LogP contribution is 2.36. The van der Waals surface area contributed by atoms with Crippen LogP contribution in [0.15, 0.2) is 12.1 Å². The fourth-order valence-corrected chi connectivity index (χ4v) is 2.49. The molecule has 130 valence electrons. The first-order valence-electron chi connectivity index (χ1n) is 7.03. The molecule has 0 amide bonds. The van der Waals surface area contributed by atoms with Gasteiger partial charge in [0.2, 0.25) is 0 Å². The van der Waals surface area contributed by atoms with Crippen LogP contribution in [0.3, 0.4) is 0 Å². The summed E-state index contributed by atoms with van der Waals surface area (Å²) in [7, 11) is 7.58. The van der Waals surface area contributed by atoms with E-state index >= 15 is 0 Å². The van der Waals surface area contributed by atoms with E-state index in [0.717, 1.165) is 5.56 Å². The van der Waals surface area contributed by atoms with Gasteiger partial charge in [0.05, 0.1) is 32.8 Å². The molecule has 1 aromatic carbocycles. The summed E-state index contributed by atoms with van der Waals surface area (Å²) < 4.78 is 26.5. The summed E-state index contributed by atoms with van der Waals surface area (Å²) in [5.74, 6) is -0.347. The Kier molecular flexibility index (Phi) is 7.80. The van der Waals surface area contributed by atoms with Crippen molar-refractivity contribution in [2.24, 2.45) is 0 Å². The highest BCUT2D eigenvalue weighted by molar-refractivity contribution is 5.68. The van der Waals surface area contributed by atoms with Crippen LogP contribution in [-0.2, 0) is 25.6 Å². The Labute approximate surface area is 136 Å². The van der Waals surface area contributed by atoms with Crippen molar-refractivity contribution in [1.29, 1.82) is 0 Å². The highest BCUT2D eigenvalue weighted by atomic mass is 16.7. The zero-order valence-electron chi connectivity index (χ0n) is 14.1. The lowest BCUT2D eigenvalue weighted by Gasteiger charge is -2.25. The van der Waals surface area contributed by atoms with Gasteiger partial charge in [0.25, 0.3) is 0 Å². The average Bonchev–Trinajstić information content (AvgIpc) is 2.55. The lowest BCUT2D eigenvalue weighted by atomic mass is 9.93. The van der Waals surface area contributed by atoms with Gasteiger partial charge in [0.1, 0.15) is 11.5 Å². The SMILES string of the molecule is COCc1c(OC)cc(C(CC(=O)O)C(OC)OC)cc1OC. The first-order valence-corrected chi connectivity index (χ1v) is 7.03. The van der Waals surface area contributed by atoms with Gasteiger partial charge in [-0.1, -0.05) is 0 Å². The lowest BCUT2D eigenvalue weighted by molar-refractivity contribution is -0.146. The Balaban J connectivity index is 3.38. The zero-order chi connectivity index (χ0) is 17.4. The fraction of sp³-hybridized carbons (Fsp3) is 0.562. The van der Waals surface area contributed by atoms with Crippen molar-refractivity contribution < 1.29 is 33.6 Å². The summed E-state index contributed by atoms with van der Waals surface area (Å²) in [6.45, 7) is 0.314. The van der Waals surface area contributed by atoms with Crippen molar-refractivity contribution in [3.63, 3.8) is 0 Å². The van der Waals surface area contributed by atoms with Crippen molar-refractivity contribution >= 4 is 5.97 Å². The highest BCUT2D eigenvalue weighted by Gasteiger charge is 2.28. The number of hydrogen-bond acceptors (Lipinski definition) is 6. The van der Waals surface area contributed by atoms with Crippen molar-refractivity contribution in [3.05, 3.63) is 23.3 Å². The standard InChI is InChI=1S/C16H24O7/c1-19-9-12-13(20-2)6-10(7-14(12)21-3)11(8-15(17)18)16(22-4)23-5/h6-7,11,16H,8-9H2,1-5H3,(H,17,18). The largest absolute Gasteiger partial charge is 0.496 e. The van der Waals surface area contributed by atoms with Gasteiger partial charge in [-0.05, 0) is 17.7 Å². The first kappa shape index (κ1) is 19.2. The minimum Gasteiger partial charge on any atom is -0.496 e. The summed E-state index contributed by atoms with van der Waals surface area (Å²) >= 11 is 0. The Hall–Kier alpha value is -1.83. The van der Waals surface area contributed by atoms with Crippen LogP contribution in [0.5, 0.6) is 11.5 Å². The molecule has 0 aliphatic carbocycles. The molecule has 0 spiro atoms. The van der Waals surface area contributed by atoms with Crippen LogP contribution in [0.1, 0.15) is 23.5 Å². The summed E-state index contributed by atoms with van der Waals surface area (Å²) in [6.07, 6.45) is -0.851. The second kappa shape index (κ2) is 9.34. The monoisotopic (exact) mass is 328 g/mol. The molecule has 1 rings (SSSR count). The van der Waals surface area contributed by atoms with Crippen LogP contribution in [0.4, 0.5) is 0 Å². The molecular weight excluding hydrogens is 304 g/mol. The maximum atomic E-state index is 11.2. The van der Waals surface area contributed by atoms with Crippen LogP contribution in [0.25, 0.3) is 0 Å². The molecule has 0 aliphatic rings. The topological polar surface area (TPSA) is 83.5 Å². The molecule has 1 atom stereocenters. The van der Waals surface area contributed by atoms with E-state index in [1.807, 2.05) is 0 Å². The molecule has 7 nitrogen and oxygen atoms in total. The smallest absolute Gasteiger partial charge is 0.304 e. The summed E-state index contributed by atoms with van der Waals surface area (Å²) in [6, 6.07) is 3.52. The molecule has 0 saturated carbocycles. The van der Waals surface area contributed by atoms with Gasteiger partial charge < -0.3 is 28.8 Å². The fourth-order valence-electron chi connectivity index (χ4n) is 2.49. The molecular formula is C16H24O7. The van der Waals surface area contributed by atoms with Crippen LogP contribution in [0.2, 0.25) is 0 Å². The predicted molar refractivity (Wildman–Crippen MR) is 83.1 cm³/mol. The Morgan fingerprint density at radius 1 is 1.04 bits per heavy atom. The third-order valence-electron chi connectivity index (χ3n) is 3.53. The van der Waals surface area contributed by atoms with E-state index in [1.54, 1.807) is 19.2 Å². The number of carboxylic acid groups (broad SMARTS) is 1. The van der Waals surface area contributed by atoms with E-state index in [4.69, 9.17) is 23.7 Å². The Morgan fingerprint density at radius 3 is 1.91 bits per heavy atom. The number of benzene rings is 1. The van der Waals surface area contributed by atoms with Gasteiger partial charge in [-0.3, -0.25) is 4.79 Å². The van der Waals surface area contributed by atoms with E-state index in [1.165, 1.54) is 28.4 Å². The second-order valence-corrected chi connectivity index (χ2v) is 4.88. The quantitative estimate of drug-likeness (QED) is 0.658. The summed E-state index contributed by atoms with van der Waals surface area (Å²) in [5, 5.41) is 9.18. The molecule has 1 aromatic rings. The lowest BCUT2D eigenvalue weighted by Crippen LogP contribution is -2.25. The van der Waals surface area contributed by atoms with E-state index in [0.29, 0.717) is 23.7 Å². The average molecular weight is 328 g/mol. The van der Waals surface area contributed by atoms with E-state index in [-0.39, 0.29) is 6.42 Å². The third-order valence-corrected chi connectivity index (χ3v) is 3.53. The molecule has 0 aromatic heterocycles. The van der Waals surface area contributed by atoms with Crippen molar-refractivity contribution in [3.8, 4) is 11.5 Å². The number of ether oxygens (including phenoxy) is 5. The van der Waals surface area contributed by atoms with E-state index < -0.39 is 18.2 Å². The maximum absolute atomic E-state index is 11.2. The molecule has 0 saturated heterocycles. The summed E-state index contributed by atoms with van der Waals surface area (Å²) in [4.78, 5) is 11.2. The number of carboxylic acids is 1. The third kappa shape index (κ3) is 4.82. The normalized spacial score (nSPS) is 12.3. The molecule has 0 fully saturated rings. The van der Waals surface area contributed by atoms with Crippen LogP contribution < -0.4 is 9.47 Å². The number of methoxy groups -OCH3 is 5. The Bertz CT molecular complexity index is 486. The summed E-state index contributed by atoms with van der Waals surface area (Å²) in [5.41, 5.74) is 1.44. The number of rotatable bonds is 10. The first-order chi connectivity index (χ1) is 11.0. The zero-order valence-corrected chi connectivity index (χ0v) is 14.1. The van der Waals surface area contributed by atoms with Crippen molar-refractivity contribution in [1.82, 2.24) is 0 Å².